The summed E-state index contributed by atoms with van der Waals surface area (Å²) in [6.45, 7) is 0. The van der Waals surface area contributed by atoms with Gasteiger partial charge < -0.3 is 9.47 Å². The molecule has 0 N–H and O–H groups in total. The molecule has 1 aliphatic heterocycles. The summed E-state index contributed by atoms with van der Waals surface area (Å²) in [5.74, 6) is 0.428. The van der Waals surface area contributed by atoms with Gasteiger partial charge in [-0.05, 0) is 24.3 Å². The molecule has 0 saturated carbocycles. The molecule has 0 fully saturated rings. The van der Waals surface area contributed by atoms with Gasteiger partial charge in [0.05, 0.1) is 25.5 Å². The summed E-state index contributed by atoms with van der Waals surface area (Å²) in [6, 6.07) is 10.2. The number of carbonyl (C=O) groups excluding carboxylic acids is 1. The molecule has 0 radical (unpaired) electrons. The molecule has 2 rings (SSSR count). The predicted octanol–water partition coefficient (Wildman–Crippen LogP) is 1.87. The zero-order valence-corrected chi connectivity index (χ0v) is 11.5. The van der Waals surface area contributed by atoms with Crippen molar-refractivity contribution < 1.29 is 14.3 Å². The average molecular weight is 281 g/mol. The van der Waals surface area contributed by atoms with E-state index in [9.17, 15) is 4.79 Å². The molecule has 0 unspecified atom stereocenters. The number of ether oxygens (including phenoxy) is 2. The molecule has 1 aromatic rings. The monoisotopic (exact) mass is 281 g/mol. The van der Waals surface area contributed by atoms with E-state index in [0.29, 0.717) is 11.4 Å². The van der Waals surface area contributed by atoms with E-state index >= 15 is 0 Å². The third-order valence-corrected chi connectivity index (χ3v) is 2.95. The molecule has 0 spiro atoms. The van der Waals surface area contributed by atoms with Crippen LogP contribution in [0.5, 0.6) is 5.75 Å². The molecular formula is C15H11N3O3. The Hall–Kier alpha value is -3.25. The van der Waals surface area contributed by atoms with Crippen molar-refractivity contribution in [2.24, 2.45) is 0 Å². The number of benzene rings is 1. The molecule has 0 bridgehead atoms. The van der Waals surface area contributed by atoms with Crippen LogP contribution in [0.25, 0.3) is 0 Å². The van der Waals surface area contributed by atoms with Gasteiger partial charge in [-0.25, -0.2) is 4.90 Å². The Morgan fingerprint density at radius 3 is 2.19 bits per heavy atom. The fraction of sp³-hybridized carbons (Fsp3) is 0.133. The van der Waals surface area contributed by atoms with Crippen molar-refractivity contribution >= 4 is 11.6 Å². The van der Waals surface area contributed by atoms with Crippen molar-refractivity contribution in [1.29, 1.82) is 10.5 Å². The van der Waals surface area contributed by atoms with Gasteiger partial charge in [-0.2, -0.15) is 10.5 Å². The van der Waals surface area contributed by atoms with Crippen LogP contribution in [0.1, 0.15) is 0 Å². The minimum Gasteiger partial charge on any atom is -0.497 e. The number of methoxy groups -OCH3 is 2. The molecule has 1 aliphatic rings. The highest BCUT2D eigenvalue weighted by Gasteiger charge is 2.32. The molecule has 1 aromatic carbocycles. The van der Waals surface area contributed by atoms with Crippen LogP contribution >= 0.6 is 0 Å². The lowest BCUT2D eigenvalue weighted by atomic mass is 10.1. The molecule has 21 heavy (non-hydrogen) atoms. The Morgan fingerprint density at radius 1 is 1.10 bits per heavy atom. The minimum absolute atomic E-state index is 0.0210. The molecule has 0 atom stereocenters. The third-order valence-electron chi connectivity index (χ3n) is 2.95. The number of nitrogens with zero attached hydrogens (tertiary/aromatic N) is 3. The van der Waals surface area contributed by atoms with Gasteiger partial charge in [-0.15, -0.1) is 0 Å². The van der Waals surface area contributed by atoms with Crippen LogP contribution in [0.2, 0.25) is 0 Å². The maximum atomic E-state index is 12.4. The quantitative estimate of drug-likeness (QED) is 0.623. The maximum absolute atomic E-state index is 12.4. The maximum Gasteiger partial charge on any atom is 0.267 e. The topological polar surface area (TPSA) is 86.3 Å². The second kappa shape index (κ2) is 5.81. The SMILES string of the molecule is COC1=CC(=C(C#N)C#N)C(=O)N1c1ccc(OC)cc1. The van der Waals surface area contributed by atoms with Crippen LogP contribution in [0.15, 0.2) is 47.4 Å². The molecule has 0 aliphatic carbocycles. The lowest BCUT2D eigenvalue weighted by molar-refractivity contribution is -0.114. The largest absolute Gasteiger partial charge is 0.497 e. The van der Waals surface area contributed by atoms with Crippen molar-refractivity contribution in [3.05, 3.63) is 47.4 Å². The van der Waals surface area contributed by atoms with E-state index in [1.54, 1.807) is 43.5 Å². The fourth-order valence-electron chi connectivity index (χ4n) is 1.92. The van der Waals surface area contributed by atoms with Gasteiger partial charge in [0.1, 0.15) is 23.5 Å². The lowest BCUT2D eigenvalue weighted by Gasteiger charge is -2.19. The van der Waals surface area contributed by atoms with Crippen LogP contribution in [-0.4, -0.2) is 20.1 Å². The Balaban J connectivity index is 2.48. The summed E-state index contributed by atoms with van der Waals surface area (Å²) in [5, 5.41) is 17.8. The first-order valence-electron chi connectivity index (χ1n) is 5.95. The molecule has 6 nitrogen and oxygen atoms in total. The van der Waals surface area contributed by atoms with Crippen LogP contribution in [-0.2, 0) is 9.53 Å². The van der Waals surface area contributed by atoms with Crippen molar-refractivity contribution in [3.63, 3.8) is 0 Å². The first kappa shape index (κ1) is 14.2. The van der Waals surface area contributed by atoms with Gasteiger partial charge in [-0.3, -0.25) is 4.79 Å². The van der Waals surface area contributed by atoms with Gasteiger partial charge in [0.25, 0.3) is 5.91 Å². The number of allylic oxidation sites excluding steroid dienone is 1. The Bertz CT molecular complexity index is 702. The van der Waals surface area contributed by atoms with Gasteiger partial charge in [0.2, 0.25) is 5.88 Å². The predicted molar refractivity (Wildman–Crippen MR) is 73.8 cm³/mol. The minimum atomic E-state index is -0.477. The third kappa shape index (κ3) is 2.43. The highest BCUT2D eigenvalue weighted by molar-refractivity contribution is 6.13. The number of hydrogen-bond donors (Lipinski definition) is 0. The van der Waals surface area contributed by atoms with Gasteiger partial charge in [0.15, 0.2) is 0 Å². The molecular weight excluding hydrogens is 270 g/mol. The summed E-state index contributed by atoms with van der Waals surface area (Å²) >= 11 is 0. The fourth-order valence-corrected chi connectivity index (χ4v) is 1.92. The van der Waals surface area contributed by atoms with Gasteiger partial charge >= 0.3 is 0 Å². The van der Waals surface area contributed by atoms with Crippen molar-refractivity contribution in [2.75, 3.05) is 19.1 Å². The van der Waals surface area contributed by atoms with E-state index in [-0.39, 0.29) is 17.0 Å². The molecule has 0 saturated heterocycles. The first-order valence-corrected chi connectivity index (χ1v) is 5.95. The summed E-state index contributed by atoms with van der Waals surface area (Å²) < 4.78 is 10.2. The Kier molecular flexibility index (Phi) is 3.92. The van der Waals surface area contributed by atoms with E-state index in [2.05, 4.69) is 0 Å². The molecule has 0 aromatic heterocycles. The zero-order chi connectivity index (χ0) is 15.4. The van der Waals surface area contributed by atoms with Crippen molar-refractivity contribution in [2.45, 2.75) is 0 Å². The summed E-state index contributed by atoms with van der Waals surface area (Å²) in [6.07, 6.45) is 1.38. The lowest BCUT2D eigenvalue weighted by Crippen LogP contribution is -2.26. The standard InChI is InChI=1S/C15H11N3O3/c1-20-12-5-3-11(4-6-12)18-14(21-2)7-13(15(18)19)10(8-16)9-17/h3-7H,1-2H3. The highest BCUT2D eigenvalue weighted by atomic mass is 16.5. The van der Waals surface area contributed by atoms with E-state index in [4.69, 9.17) is 20.0 Å². The van der Waals surface area contributed by atoms with Crippen LogP contribution < -0.4 is 9.64 Å². The van der Waals surface area contributed by atoms with E-state index < -0.39 is 5.91 Å². The first-order chi connectivity index (χ1) is 10.2. The second-order valence-electron chi connectivity index (χ2n) is 4.04. The number of hydrogen-bond acceptors (Lipinski definition) is 5. The number of carbonyl (C=O) groups is 1. The number of amides is 1. The smallest absolute Gasteiger partial charge is 0.267 e. The van der Waals surface area contributed by atoms with Crippen LogP contribution in [0.3, 0.4) is 0 Å². The van der Waals surface area contributed by atoms with Crippen molar-refractivity contribution in [1.82, 2.24) is 0 Å². The average Bonchev–Trinajstić information content (AvgIpc) is 2.86. The summed E-state index contributed by atoms with van der Waals surface area (Å²) in [5.41, 5.74) is 0.331. The van der Waals surface area contributed by atoms with Crippen LogP contribution in [0.4, 0.5) is 5.69 Å². The number of nitriles is 2. The Labute approximate surface area is 121 Å². The molecule has 104 valence electrons. The normalized spacial score (nSPS) is 13.3. The van der Waals surface area contributed by atoms with Crippen molar-refractivity contribution in [3.8, 4) is 17.9 Å². The molecule has 1 heterocycles. The summed E-state index contributed by atoms with van der Waals surface area (Å²) in [7, 11) is 2.96. The molecule has 6 heteroatoms. The van der Waals surface area contributed by atoms with Crippen LogP contribution in [0, 0.1) is 22.7 Å². The number of anilines is 1. The van der Waals surface area contributed by atoms with E-state index in [1.165, 1.54) is 18.1 Å². The molecule has 1 amide bonds. The van der Waals surface area contributed by atoms with Gasteiger partial charge in [-0.1, -0.05) is 0 Å². The van der Waals surface area contributed by atoms with Gasteiger partial charge in [0, 0.05) is 6.08 Å². The van der Waals surface area contributed by atoms with E-state index in [0.717, 1.165) is 0 Å². The highest BCUT2D eigenvalue weighted by Crippen LogP contribution is 2.31. The Morgan fingerprint density at radius 2 is 1.71 bits per heavy atom. The zero-order valence-electron chi connectivity index (χ0n) is 11.5. The number of rotatable bonds is 3. The second-order valence-corrected chi connectivity index (χ2v) is 4.04. The van der Waals surface area contributed by atoms with E-state index in [1.807, 2.05) is 0 Å². The summed E-state index contributed by atoms with van der Waals surface area (Å²) in [4.78, 5) is 13.7.